The van der Waals surface area contributed by atoms with Gasteiger partial charge in [0.15, 0.2) is 5.78 Å². The highest BCUT2D eigenvalue weighted by Crippen LogP contribution is 2.17. The molecule has 0 aliphatic carbocycles. The maximum Gasteiger partial charge on any atom is 0.261 e. The number of nitrogens with zero attached hydrogens (tertiary/aromatic N) is 2. The number of hydrogen-bond donors (Lipinski definition) is 1. The number of ketones is 1. The van der Waals surface area contributed by atoms with Gasteiger partial charge in [0.1, 0.15) is 5.56 Å². The van der Waals surface area contributed by atoms with Crippen LogP contribution in [0.3, 0.4) is 0 Å². The molecule has 2 aromatic rings. The largest absolute Gasteiger partial charge is 0.372 e. The second-order valence-electron chi connectivity index (χ2n) is 6.79. The fraction of sp³-hybridized carbons (Fsp3) is 0.400. The molecule has 3 heterocycles. The number of Topliss-reactive ketones (excluding diaryl/α,β-unsaturated/α-hetero) is 1. The van der Waals surface area contributed by atoms with E-state index in [2.05, 4.69) is 9.97 Å². The predicted octanol–water partition coefficient (Wildman–Crippen LogP) is 2.10. The van der Waals surface area contributed by atoms with Crippen LogP contribution in [0.4, 0.5) is 0 Å². The van der Waals surface area contributed by atoms with Crippen LogP contribution in [0.15, 0.2) is 35.4 Å². The molecule has 0 aromatic carbocycles. The van der Waals surface area contributed by atoms with Crippen molar-refractivity contribution >= 4 is 11.7 Å². The summed E-state index contributed by atoms with van der Waals surface area (Å²) in [7, 11) is 0. The number of aromatic nitrogens is 2. The Morgan fingerprint density at radius 3 is 2.89 bits per heavy atom. The van der Waals surface area contributed by atoms with Crippen LogP contribution in [-0.4, -0.2) is 45.8 Å². The van der Waals surface area contributed by atoms with Crippen molar-refractivity contribution in [3.05, 3.63) is 63.3 Å². The van der Waals surface area contributed by atoms with E-state index in [9.17, 15) is 14.4 Å². The summed E-state index contributed by atoms with van der Waals surface area (Å²) >= 11 is 0. The maximum absolute atomic E-state index is 12.9. The molecule has 7 nitrogen and oxygen atoms in total. The van der Waals surface area contributed by atoms with Gasteiger partial charge in [-0.2, -0.15) is 0 Å². The molecular formula is C20H23N3O4. The third kappa shape index (κ3) is 4.49. The third-order valence-electron chi connectivity index (χ3n) is 4.72. The summed E-state index contributed by atoms with van der Waals surface area (Å²) in [5.41, 5.74) is 1.33. The first-order valence-corrected chi connectivity index (χ1v) is 9.00. The van der Waals surface area contributed by atoms with Crippen LogP contribution in [0.1, 0.15) is 51.7 Å². The summed E-state index contributed by atoms with van der Waals surface area (Å²) in [5, 5.41) is 0. The summed E-state index contributed by atoms with van der Waals surface area (Å²) in [6.07, 6.45) is 5.01. The molecular weight excluding hydrogens is 346 g/mol. The monoisotopic (exact) mass is 369 g/mol. The van der Waals surface area contributed by atoms with E-state index in [1.807, 2.05) is 12.1 Å². The second-order valence-corrected chi connectivity index (χ2v) is 6.79. The molecule has 0 unspecified atom stereocenters. The van der Waals surface area contributed by atoms with Gasteiger partial charge in [0.25, 0.3) is 11.5 Å². The standard InChI is InChI=1S/C20H23N3O4/c1-13-17(14(2)24)9-18(19(25)22-13)20(26)23-8-4-6-16(11-23)27-12-15-5-3-7-21-10-15/h3,5,7,9-10,16H,4,6,8,11-12H2,1-2H3,(H,22,25)/t16-/m0/s1. The predicted molar refractivity (Wildman–Crippen MR) is 99.8 cm³/mol. The van der Waals surface area contributed by atoms with Gasteiger partial charge in [-0.1, -0.05) is 6.07 Å². The number of aromatic amines is 1. The number of pyridine rings is 2. The van der Waals surface area contributed by atoms with Crippen molar-refractivity contribution in [2.45, 2.75) is 39.4 Å². The van der Waals surface area contributed by atoms with Crippen LogP contribution >= 0.6 is 0 Å². The molecule has 0 saturated carbocycles. The molecule has 1 atom stereocenters. The van der Waals surface area contributed by atoms with Crippen molar-refractivity contribution < 1.29 is 14.3 Å². The smallest absolute Gasteiger partial charge is 0.261 e. The maximum atomic E-state index is 12.9. The van der Waals surface area contributed by atoms with E-state index in [1.54, 1.807) is 24.2 Å². The molecule has 27 heavy (non-hydrogen) atoms. The lowest BCUT2D eigenvalue weighted by Crippen LogP contribution is -2.44. The minimum Gasteiger partial charge on any atom is -0.372 e. The van der Waals surface area contributed by atoms with Crippen LogP contribution in [0.2, 0.25) is 0 Å². The molecule has 0 spiro atoms. The minimum atomic E-state index is -0.471. The number of carbonyl (C=O) groups is 2. The zero-order chi connectivity index (χ0) is 19.4. The number of amides is 1. The van der Waals surface area contributed by atoms with Gasteiger partial charge in [0.2, 0.25) is 0 Å². The van der Waals surface area contributed by atoms with Crippen LogP contribution < -0.4 is 5.56 Å². The second kappa shape index (κ2) is 8.26. The minimum absolute atomic E-state index is 0.00120. The first-order chi connectivity index (χ1) is 13.0. The van der Waals surface area contributed by atoms with E-state index in [-0.39, 0.29) is 23.4 Å². The number of carbonyl (C=O) groups excluding carboxylic acids is 2. The van der Waals surface area contributed by atoms with Gasteiger partial charge in [-0.05, 0) is 44.4 Å². The number of hydrogen-bond acceptors (Lipinski definition) is 5. The van der Waals surface area contributed by atoms with Crippen molar-refractivity contribution in [3.63, 3.8) is 0 Å². The Balaban J connectivity index is 1.70. The lowest BCUT2D eigenvalue weighted by molar-refractivity contribution is -0.00686. The topological polar surface area (TPSA) is 92.4 Å². The Morgan fingerprint density at radius 2 is 2.19 bits per heavy atom. The van der Waals surface area contributed by atoms with E-state index in [0.717, 1.165) is 18.4 Å². The lowest BCUT2D eigenvalue weighted by atomic mass is 10.0. The molecule has 1 saturated heterocycles. The number of rotatable bonds is 5. The van der Waals surface area contributed by atoms with Crippen molar-refractivity contribution in [1.29, 1.82) is 0 Å². The van der Waals surface area contributed by atoms with Gasteiger partial charge in [-0.25, -0.2) is 0 Å². The molecule has 1 aliphatic rings. The fourth-order valence-electron chi connectivity index (χ4n) is 3.27. The fourth-order valence-corrected chi connectivity index (χ4v) is 3.27. The molecule has 1 N–H and O–H groups in total. The summed E-state index contributed by atoms with van der Waals surface area (Å²) in [4.78, 5) is 45.1. The van der Waals surface area contributed by atoms with Crippen molar-refractivity contribution in [2.24, 2.45) is 0 Å². The Hall–Kier alpha value is -2.80. The molecule has 1 fully saturated rings. The van der Waals surface area contributed by atoms with Gasteiger partial charge < -0.3 is 14.6 Å². The van der Waals surface area contributed by atoms with Crippen LogP contribution in [0, 0.1) is 6.92 Å². The number of ether oxygens (including phenoxy) is 1. The van der Waals surface area contributed by atoms with E-state index in [1.165, 1.54) is 13.0 Å². The Bertz CT molecular complexity index is 892. The number of likely N-dealkylation sites (tertiary alicyclic amines) is 1. The van der Waals surface area contributed by atoms with E-state index in [4.69, 9.17) is 4.74 Å². The SMILES string of the molecule is CC(=O)c1cc(C(=O)N2CCC[C@H](OCc3cccnc3)C2)c(=O)[nH]c1C. The lowest BCUT2D eigenvalue weighted by Gasteiger charge is -2.32. The highest BCUT2D eigenvalue weighted by atomic mass is 16.5. The first-order valence-electron chi connectivity index (χ1n) is 9.00. The van der Waals surface area contributed by atoms with Crippen molar-refractivity contribution in [2.75, 3.05) is 13.1 Å². The van der Waals surface area contributed by atoms with E-state index < -0.39 is 5.56 Å². The Labute approximate surface area is 157 Å². The van der Waals surface area contributed by atoms with Crippen LogP contribution in [0.25, 0.3) is 0 Å². The number of nitrogens with one attached hydrogen (secondary N) is 1. The molecule has 1 amide bonds. The first kappa shape index (κ1) is 19.0. The molecule has 1 aliphatic heterocycles. The zero-order valence-corrected chi connectivity index (χ0v) is 15.5. The summed E-state index contributed by atoms with van der Waals surface area (Å²) in [5.74, 6) is -0.553. The van der Waals surface area contributed by atoms with Gasteiger partial charge >= 0.3 is 0 Å². The summed E-state index contributed by atoms with van der Waals surface area (Å²) in [6.45, 7) is 4.48. The summed E-state index contributed by atoms with van der Waals surface area (Å²) < 4.78 is 5.92. The molecule has 2 aromatic heterocycles. The van der Waals surface area contributed by atoms with Crippen LogP contribution in [-0.2, 0) is 11.3 Å². The molecule has 7 heteroatoms. The van der Waals surface area contributed by atoms with Gasteiger partial charge in [-0.15, -0.1) is 0 Å². The van der Waals surface area contributed by atoms with Gasteiger partial charge in [0.05, 0.1) is 12.7 Å². The average Bonchev–Trinajstić information content (AvgIpc) is 2.67. The van der Waals surface area contributed by atoms with E-state index >= 15 is 0 Å². The Kier molecular flexibility index (Phi) is 5.81. The number of piperidine rings is 1. The van der Waals surface area contributed by atoms with Crippen molar-refractivity contribution in [1.82, 2.24) is 14.9 Å². The van der Waals surface area contributed by atoms with Crippen LogP contribution in [0.5, 0.6) is 0 Å². The van der Waals surface area contributed by atoms with Gasteiger partial charge in [-0.3, -0.25) is 19.4 Å². The Morgan fingerprint density at radius 1 is 1.37 bits per heavy atom. The average molecular weight is 369 g/mol. The number of H-pyrrole nitrogens is 1. The van der Waals surface area contributed by atoms with E-state index in [0.29, 0.717) is 31.0 Å². The molecule has 3 rings (SSSR count). The molecule has 142 valence electrons. The highest BCUT2D eigenvalue weighted by molar-refractivity contribution is 5.99. The highest BCUT2D eigenvalue weighted by Gasteiger charge is 2.27. The zero-order valence-electron chi connectivity index (χ0n) is 15.5. The normalized spacial score (nSPS) is 17.0. The third-order valence-corrected chi connectivity index (χ3v) is 4.72. The summed E-state index contributed by atoms with van der Waals surface area (Å²) in [6, 6.07) is 5.19. The van der Waals surface area contributed by atoms with Gasteiger partial charge in [0, 0.05) is 36.7 Å². The molecule has 0 bridgehead atoms. The molecule has 0 radical (unpaired) electrons. The van der Waals surface area contributed by atoms with Crippen molar-refractivity contribution in [3.8, 4) is 0 Å². The quantitative estimate of drug-likeness (QED) is 0.815. The number of aryl methyl sites for hydroxylation is 1.